The molecule has 1 atom stereocenters. The largest absolute Gasteiger partial charge is 0.354 e. The molecule has 0 saturated carbocycles. The number of hydrogen-bond acceptors (Lipinski definition) is 1. The fourth-order valence-corrected chi connectivity index (χ4v) is 4.40. The van der Waals surface area contributed by atoms with Gasteiger partial charge in [-0.15, -0.1) is 0 Å². The second-order valence-electron chi connectivity index (χ2n) is 4.51. The van der Waals surface area contributed by atoms with Crippen molar-refractivity contribution in [2.24, 2.45) is 0 Å². The van der Waals surface area contributed by atoms with E-state index >= 15 is 0 Å². The van der Waals surface area contributed by atoms with Gasteiger partial charge in [0, 0.05) is 18.1 Å². The summed E-state index contributed by atoms with van der Waals surface area (Å²) in [6.45, 7) is 2.87. The summed E-state index contributed by atoms with van der Waals surface area (Å²) in [4.78, 5) is 0. The number of allylic oxidation sites excluding steroid dienone is 1. The fourth-order valence-electron chi connectivity index (χ4n) is 2.40. The summed E-state index contributed by atoms with van der Waals surface area (Å²) in [5.74, 6) is 0. The first-order valence-electron chi connectivity index (χ1n) is 6.64. The first-order chi connectivity index (χ1) is 9.40. The Morgan fingerprint density at radius 1 is 0.895 bits per heavy atom. The van der Waals surface area contributed by atoms with Gasteiger partial charge in [0.05, 0.1) is 8.15 Å². The minimum Gasteiger partial charge on any atom is -0.354 e. The quantitative estimate of drug-likeness (QED) is 0.709. The average Bonchev–Trinajstić information content (AvgIpc) is 2.45. The molecule has 1 nitrogen and oxygen atoms in total. The van der Waals surface area contributed by atoms with Gasteiger partial charge in [-0.05, 0) is 23.6 Å². The topological polar surface area (TPSA) is 9.23 Å². The highest BCUT2D eigenvalue weighted by atomic mass is 31.1. The predicted octanol–water partition coefficient (Wildman–Crippen LogP) is 5.00. The second-order valence-corrected chi connectivity index (χ2v) is 6.29. The summed E-state index contributed by atoms with van der Waals surface area (Å²) in [7, 11) is -0.421. The summed E-state index contributed by atoms with van der Waals surface area (Å²) in [5.41, 5.74) is 4.10. The summed E-state index contributed by atoms with van der Waals surface area (Å²) in [6.07, 6.45) is 1.08. The zero-order chi connectivity index (χ0) is 13.1. The molecule has 1 heterocycles. The smallest absolute Gasteiger partial charge is 0.0657 e. The van der Waals surface area contributed by atoms with Crippen LogP contribution in [0.4, 0.5) is 0 Å². The number of hydrogen-bond donors (Lipinski definition) is 0. The van der Waals surface area contributed by atoms with E-state index in [4.69, 9.17) is 4.52 Å². The van der Waals surface area contributed by atoms with E-state index in [-0.39, 0.29) is 0 Å². The van der Waals surface area contributed by atoms with Crippen LogP contribution in [0.5, 0.6) is 0 Å². The number of rotatable bonds is 4. The lowest BCUT2D eigenvalue weighted by molar-refractivity contribution is 0.383. The van der Waals surface area contributed by atoms with Gasteiger partial charge < -0.3 is 4.52 Å². The lowest BCUT2D eigenvalue weighted by atomic mass is 10.0. The van der Waals surface area contributed by atoms with Crippen LogP contribution in [0.1, 0.15) is 18.1 Å². The summed E-state index contributed by atoms with van der Waals surface area (Å²) in [6, 6.07) is 21.3. The summed E-state index contributed by atoms with van der Waals surface area (Å²) in [5, 5.41) is 1.42. The van der Waals surface area contributed by atoms with Crippen molar-refractivity contribution in [3.8, 4) is 0 Å². The van der Waals surface area contributed by atoms with E-state index < -0.39 is 8.15 Å². The third kappa shape index (κ3) is 2.49. The van der Waals surface area contributed by atoms with E-state index in [1.54, 1.807) is 0 Å². The van der Waals surface area contributed by atoms with Gasteiger partial charge in [-0.25, -0.2) is 0 Å². The molecule has 0 spiro atoms. The van der Waals surface area contributed by atoms with E-state index in [1.165, 1.54) is 22.0 Å². The van der Waals surface area contributed by atoms with Crippen molar-refractivity contribution in [2.45, 2.75) is 6.92 Å². The summed E-state index contributed by atoms with van der Waals surface area (Å²) < 4.78 is 5.90. The van der Waals surface area contributed by atoms with Crippen LogP contribution >= 0.6 is 8.15 Å². The maximum absolute atomic E-state index is 5.90. The third-order valence-electron chi connectivity index (χ3n) is 3.29. The molecule has 3 rings (SSSR count). The molecule has 0 amide bonds. The lowest BCUT2D eigenvalue weighted by Gasteiger charge is -2.33. The molecule has 0 aromatic heterocycles. The Kier molecular flexibility index (Phi) is 3.77. The second kappa shape index (κ2) is 5.69. The Morgan fingerprint density at radius 3 is 2.05 bits per heavy atom. The lowest BCUT2D eigenvalue weighted by Crippen LogP contribution is -2.08. The molecule has 19 heavy (non-hydrogen) atoms. The highest BCUT2D eigenvalue weighted by molar-refractivity contribution is 7.67. The van der Waals surface area contributed by atoms with E-state index in [1.807, 2.05) is 0 Å². The molecule has 2 heteroatoms. The van der Waals surface area contributed by atoms with Crippen molar-refractivity contribution in [2.75, 3.05) is 12.8 Å². The van der Waals surface area contributed by atoms with Gasteiger partial charge in [0.2, 0.25) is 0 Å². The van der Waals surface area contributed by atoms with Gasteiger partial charge in [-0.1, -0.05) is 60.7 Å². The first kappa shape index (κ1) is 12.6. The van der Waals surface area contributed by atoms with Crippen molar-refractivity contribution in [3.63, 3.8) is 0 Å². The van der Waals surface area contributed by atoms with E-state index in [0.717, 1.165) is 12.8 Å². The van der Waals surface area contributed by atoms with Crippen LogP contribution in [-0.4, -0.2) is 12.8 Å². The maximum atomic E-state index is 5.90. The Morgan fingerprint density at radius 2 is 1.47 bits per heavy atom. The highest BCUT2D eigenvalue weighted by Crippen LogP contribution is 2.64. The van der Waals surface area contributed by atoms with Crippen LogP contribution in [0, 0.1) is 0 Å². The summed E-state index contributed by atoms with van der Waals surface area (Å²) >= 11 is 0. The Bertz CT molecular complexity index is 575. The van der Waals surface area contributed by atoms with Crippen LogP contribution in [-0.2, 0) is 4.52 Å². The van der Waals surface area contributed by atoms with Crippen molar-refractivity contribution < 1.29 is 4.52 Å². The van der Waals surface area contributed by atoms with Crippen molar-refractivity contribution >= 4 is 19.0 Å². The zero-order valence-corrected chi connectivity index (χ0v) is 11.9. The molecule has 2 aromatic rings. The molecule has 0 aliphatic carbocycles. The highest BCUT2D eigenvalue weighted by Gasteiger charge is 2.31. The SMILES string of the molecule is CCOP1CC(c2ccccc2)=C1c1ccccc1. The third-order valence-corrected chi connectivity index (χ3v) is 5.49. The molecule has 96 valence electrons. The van der Waals surface area contributed by atoms with Crippen LogP contribution in [0.25, 0.3) is 10.9 Å². The molecule has 0 radical (unpaired) electrons. The minimum atomic E-state index is -0.421. The molecular formula is C17H17OP. The van der Waals surface area contributed by atoms with E-state index in [2.05, 4.69) is 67.6 Å². The van der Waals surface area contributed by atoms with Crippen LogP contribution < -0.4 is 0 Å². The normalized spacial score (nSPS) is 18.3. The van der Waals surface area contributed by atoms with Crippen LogP contribution in [0.2, 0.25) is 0 Å². The van der Waals surface area contributed by atoms with E-state index in [9.17, 15) is 0 Å². The van der Waals surface area contributed by atoms with Crippen molar-refractivity contribution in [1.82, 2.24) is 0 Å². The van der Waals surface area contributed by atoms with Crippen molar-refractivity contribution in [1.29, 1.82) is 0 Å². The molecule has 1 unspecified atom stereocenters. The predicted molar refractivity (Wildman–Crippen MR) is 83.1 cm³/mol. The average molecular weight is 268 g/mol. The fraction of sp³-hybridized carbons (Fsp3) is 0.176. The van der Waals surface area contributed by atoms with Gasteiger partial charge in [0.15, 0.2) is 0 Å². The van der Waals surface area contributed by atoms with Gasteiger partial charge in [0.25, 0.3) is 0 Å². The molecular weight excluding hydrogens is 251 g/mol. The molecule has 0 N–H and O–H groups in total. The molecule has 1 aliphatic rings. The standard InChI is InChI=1S/C17H17OP/c1-2-18-19-13-16(14-9-5-3-6-10-14)17(19)15-11-7-4-8-12-15/h3-12H,2,13H2,1H3. The van der Waals surface area contributed by atoms with Gasteiger partial charge >= 0.3 is 0 Å². The molecule has 1 aliphatic heterocycles. The molecule has 0 fully saturated rings. The van der Waals surface area contributed by atoms with Gasteiger partial charge in [-0.3, -0.25) is 0 Å². The van der Waals surface area contributed by atoms with E-state index in [0.29, 0.717) is 0 Å². The Balaban J connectivity index is 2.02. The molecule has 2 aromatic carbocycles. The zero-order valence-electron chi connectivity index (χ0n) is 11.0. The Hall–Kier alpha value is -1.43. The Labute approximate surface area is 115 Å². The van der Waals surface area contributed by atoms with Gasteiger partial charge in [-0.2, -0.15) is 0 Å². The molecule has 0 saturated heterocycles. The maximum Gasteiger partial charge on any atom is 0.0657 e. The number of benzene rings is 2. The van der Waals surface area contributed by atoms with Crippen LogP contribution in [0.15, 0.2) is 60.7 Å². The monoisotopic (exact) mass is 268 g/mol. The van der Waals surface area contributed by atoms with Crippen molar-refractivity contribution in [3.05, 3.63) is 71.8 Å². The molecule has 0 bridgehead atoms. The van der Waals surface area contributed by atoms with Gasteiger partial charge in [0.1, 0.15) is 0 Å². The first-order valence-corrected chi connectivity index (χ1v) is 8.09. The minimum absolute atomic E-state index is 0.421. The van der Waals surface area contributed by atoms with Crippen LogP contribution in [0.3, 0.4) is 0 Å².